The molecule has 0 aliphatic rings. The maximum absolute atomic E-state index is 12.9. The van der Waals surface area contributed by atoms with E-state index in [1.54, 1.807) is 6.07 Å². The van der Waals surface area contributed by atoms with E-state index in [2.05, 4.69) is 20.9 Å². The highest BCUT2D eigenvalue weighted by molar-refractivity contribution is 7.17. The molecule has 2 heterocycles. The molecule has 8 nitrogen and oxygen atoms in total. The molecule has 0 spiro atoms. The molecule has 0 aliphatic heterocycles. The van der Waals surface area contributed by atoms with Crippen LogP contribution < -0.4 is 16.0 Å². The first-order valence-electron chi connectivity index (χ1n) is 10.2. The molecule has 0 aliphatic carbocycles. The summed E-state index contributed by atoms with van der Waals surface area (Å²) in [7, 11) is 0. The van der Waals surface area contributed by atoms with Gasteiger partial charge in [0.25, 0.3) is 5.91 Å². The van der Waals surface area contributed by atoms with Crippen molar-refractivity contribution in [3.05, 3.63) is 65.0 Å². The van der Waals surface area contributed by atoms with Crippen LogP contribution >= 0.6 is 11.3 Å². The number of fused-ring (bicyclic) bond motifs is 1. The number of aromatic nitrogens is 1. The standard InChI is InChI=1S/C24H24N4O4S/c1-24(2,3)18-11-16(20(30)26-17-12-19(29)27-21(17)31)22(33-18)28-23(32)25-15-9-8-13-6-4-5-7-14(13)10-15/h4-12,27,29,31H,1-3H3,(H,26,30)(H2,25,28,32). The molecule has 0 saturated heterocycles. The summed E-state index contributed by atoms with van der Waals surface area (Å²) in [5.74, 6) is -1.18. The summed E-state index contributed by atoms with van der Waals surface area (Å²) in [6, 6.07) is 15.9. The number of H-pyrrole nitrogens is 1. The lowest BCUT2D eigenvalue weighted by atomic mass is 9.94. The molecule has 0 saturated carbocycles. The number of amides is 3. The van der Waals surface area contributed by atoms with E-state index in [1.165, 1.54) is 17.4 Å². The average molecular weight is 465 g/mol. The minimum absolute atomic E-state index is 0.0348. The Balaban J connectivity index is 1.57. The van der Waals surface area contributed by atoms with Gasteiger partial charge in [-0.2, -0.15) is 0 Å². The molecule has 0 unspecified atom stereocenters. The van der Waals surface area contributed by atoms with E-state index >= 15 is 0 Å². The molecule has 4 rings (SSSR count). The molecule has 33 heavy (non-hydrogen) atoms. The second kappa shape index (κ2) is 8.51. The lowest BCUT2D eigenvalue weighted by molar-refractivity contribution is 0.102. The quantitative estimate of drug-likeness (QED) is 0.227. The van der Waals surface area contributed by atoms with Crippen LogP contribution in [0.2, 0.25) is 0 Å². The lowest BCUT2D eigenvalue weighted by Gasteiger charge is -2.15. The maximum atomic E-state index is 12.9. The fourth-order valence-corrected chi connectivity index (χ4v) is 4.38. The lowest BCUT2D eigenvalue weighted by Crippen LogP contribution is -2.21. The number of carbonyl (C=O) groups is 2. The van der Waals surface area contributed by atoms with E-state index in [9.17, 15) is 19.8 Å². The summed E-state index contributed by atoms with van der Waals surface area (Å²) in [5, 5.41) is 29.8. The van der Waals surface area contributed by atoms with Crippen LogP contribution in [-0.2, 0) is 5.41 Å². The summed E-state index contributed by atoms with van der Waals surface area (Å²) in [4.78, 5) is 28.9. The third-order valence-electron chi connectivity index (χ3n) is 4.98. The van der Waals surface area contributed by atoms with Gasteiger partial charge in [0, 0.05) is 16.6 Å². The van der Waals surface area contributed by atoms with Gasteiger partial charge in [0.05, 0.1) is 5.56 Å². The number of anilines is 3. The SMILES string of the molecule is CC(C)(C)c1cc(C(=O)Nc2cc(O)[nH]c2O)c(NC(=O)Nc2ccc3ccccc3c2)s1. The predicted octanol–water partition coefficient (Wildman–Crippen LogP) is 5.83. The molecule has 0 radical (unpaired) electrons. The zero-order chi connectivity index (χ0) is 23.8. The third-order valence-corrected chi connectivity index (χ3v) is 6.46. The highest BCUT2D eigenvalue weighted by Crippen LogP contribution is 2.37. The number of hydrogen-bond donors (Lipinski definition) is 6. The van der Waals surface area contributed by atoms with E-state index in [0.29, 0.717) is 10.7 Å². The first kappa shape index (κ1) is 22.2. The number of hydrogen-bond acceptors (Lipinski definition) is 5. The fourth-order valence-electron chi connectivity index (χ4n) is 3.27. The first-order valence-corrected chi connectivity index (χ1v) is 11.1. The van der Waals surface area contributed by atoms with Crippen LogP contribution in [0.4, 0.5) is 21.2 Å². The number of thiophene rings is 1. The van der Waals surface area contributed by atoms with Crippen LogP contribution in [0.15, 0.2) is 54.6 Å². The molecule has 2 aromatic heterocycles. The largest absolute Gasteiger partial charge is 0.494 e. The molecule has 9 heteroatoms. The van der Waals surface area contributed by atoms with Crippen molar-refractivity contribution in [1.29, 1.82) is 0 Å². The van der Waals surface area contributed by atoms with Crippen molar-refractivity contribution in [1.82, 2.24) is 4.98 Å². The molecular weight excluding hydrogens is 440 g/mol. The second-order valence-electron chi connectivity index (χ2n) is 8.62. The van der Waals surface area contributed by atoms with Crippen LogP contribution in [-0.4, -0.2) is 27.1 Å². The summed E-state index contributed by atoms with van der Waals surface area (Å²) in [5.41, 5.74) is 0.659. The number of rotatable bonds is 4. The van der Waals surface area contributed by atoms with Gasteiger partial charge in [-0.05, 0) is 34.4 Å². The third kappa shape index (κ3) is 4.93. The number of urea groups is 1. The predicted molar refractivity (Wildman–Crippen MR) is 132 cm³/mol. The van der Waals surface area contributed by atoms with E-state index in [4.69, 9.17) is 0 Å². The molecule has 170 valence electrons. The molecule has 0 fully saturated rings. The van der Waals surface area contributed by atoms with Crippen molar-refractivity contribution in [2.24, 2.45) is 0 Å². The van der Waals surface area contributed by atoms with Crippen molar-refractivity contribution in [2.45, 2.75) is 26.2 Å². The summed E-state index contributed by atoms with van der Waals surface area (Å²) in [6.45, 7) is 6.03. The smallest absolute Gasteiger partial charge is 0.324 e. The number of nitrogens with one attached hydrogen (secondary N) is 4. The topological polar surface area (TPSA) is 126 Å². The Bertz CT molecular complexity index is 1350. The highest BCUT2D eigenvalue weighted by Gasteiger charge is 2.25. The van der Waals surface area contributed by atoms with Gasteiger partial charge >= 0.3 is 6.03 Å². The Morgan fingerprint density at radius 2 is 1.64 bits per heavy atom. The minimum Gasteiger partial charge on any atom is -0.494 e. The van der Waals surface area contributed by atoms with Gasteiger partial charge < -0.3 is 20.8 Å². The highest BCUT2D eigenvalue weighted by atomic mass is 32.1. The van der Waals surface area contributed by atoms with E-state index in [0.717, 1.165) is 15.6 Å². The number of aromatic amines is 1. The zero-order valence-electron chi connectivity index (χ0n) is 18.3. The fraction of sp³-hybridized carbons (Fsp3) is 0.167. The Labute approximate surface area is 194 Å². The monoisotopic (exact) mass is 464 g/mol. The first-order chi connectivity index (χ1) is 15.6. The molecule has 3 amide bonds. The van der Waals surface area contributed by atoms with Crippen molar-refractivity contribution in [2.75, 3.05) is 16.0 Å². The van der Waals surface area contributed by atoms with Gasteiger partial charge in [-0.25, -0.2) is 4.79 Å². The number of aromatic hydroxyl groups is 2. The summed E-state index contributed by atoms with van der Waals surface area (Å²) in [6.07, 6.45) is 0. The molecular formula is C24H24N4O4S. The maximum Gasteiger partial charge on any atom is 0.324 e. The van der Waals surface area contributed by atoms with Gasteiger partial charge in [-0.1, -0.05) is 51.1 Å². The van der Waals surface area contributed by atoms with Gasteiger partial charge in [0.1, 0.15) is 10.7 Å². The normalized spacial score (nSPS) is 11.4. The van der Waals surface area contributed by atoms with Crippen LogP contribution in [0.3, 0.4) is 0 Å². The number of carbonyl (C=O) groups excluding carboxylic acids is 2. The molecule has 4 aromatic rings. The van der Waals surface area contributed by atoms with Crippen molar-refractivity contribution in [3.8, 4) is 11.8 Å². The van der Waals surface area contributed by atoms with Gasteiger partial charge in [-0.3, -0.25) is 15.1 Å². The van der Waals surface area contributed by atoms with E-state index in [-0.39, 0.29) is 28.4 Å². The molecule has 6 N–H and O–H groups in total. The number of benzene rings is 2. The molecule has 0 atom stereocenters. The molecule has 2 aromatic carbocycles. The van der Waals surface area contributed by atoms with Gasteiger partial charge in [0.2, 0.25) is 5.88 Å². The van der Waals surface area contributed by atoms with Crippen LogP contribution in [0, 0.1) is 0 Å². The van der Waals surface area contributed by atoms with Crippen LogP contribution in [0.5, 0.6) is 11.8 Å². The zero-order valence-corrected chi connectivity index (χ0v) is 19.1. The second-order valence-corrected chi connectivity index (χ2v) is 9.67. The van der Waals surface area contributed by atoms with Gasteiger partial charge in [0.15, 0.2) is 5.88 Å². The van der Waals surface area contributed by atoms with Crippen molar-refractivity contribution in [3.63, 3.8) is 0 Å². The Morgan fingerprint density at radius 1 is 0.909 bits per heavy atom. The minimum atomic E-state index is -0.531. The van der Waals surface area contributed by atoms with Crippen molar-refractivity contribution < 1.29 is 19.8 Å². The Hall–Kier alpha value is -3.98. The summed E-state index contributed by atoms with van der Waals surface area (Å²) < 4.78 is 0. The Morgan fingerprint density at radius 3 is 2.30 bits per heavy atom. The molecule has 0 bridgehead atoms. The average Bonchev–Trinajstić information content (AvgIpc) is 3.30. The van der Waals surface area contributed by atoms with Crippen LogP contribution in [0.1, 0.15) is 36.0 Å². The summed E-state index contributed by atoms with van der Waals surface area (Å²) >= 11 is 1.30. The van der Waals surface area contributed by atoms with Crippen molar-refractivity contribution >= 4 is 50.4 Å². The Kier molecular flexibility index (Phi) is 5.73. The van der Waals surface area contributed by atoms with Crippen LogP contribution in [0.25, 0.3) is 10.8 Å². The van der Waals surface area contributed by atoms with E-state index < -0.39 is 11.9 Å². The van der Waals surface area contributed by atoms with E-state index in [1.807, 2.05) is 63.2 Å². The van der Waals surface area contributed by atoms with Gasteiger partial charge in [-0.15, -0.1) is 11.3 Å².